The van der Waals surface area contributed by atoms with E-state index in [0.717, 1.165) is 5.56 Å². The Kier molecular flexibility index (Phi) is 4.15. The van der Waals surface area contributed by atoms with Gasteiger partial charge in [0.15, 0.2) is 11.5 Å². The molecule has 82 valence electrons. The standard InChI is InChI=1S/C11H15NO3/c1-14-9-5-3-8(4-6-11(12)13)7-10(9)15-2/h3-7,11,13H,12H2,1-2H3/b6-4+/t11-/m0/s1. The summed E-state index contributed by atoms with van der Waals surface area (Å²) in [5.74, 6) is 1.31. The SMILES string of the molecule is COc1ccc(/C=C/[C@@H](N)O)cc1OC. The molecule has 3 N–H and O–H groups in total. The minimum absolute atomic E-state index is 0.645. The van der Waals surface area contributed by atoms with Crippen molar-refractivity contribution in [1.29, 1.82) is 0 Å². The number of aliphatic hydroxyl groups is 1. The Morgan fingerprint density at radius 1 is 1.27 bits per heavy atom. The number of hydrogen-bond acceptors (Lipinski definition) is 4. The van der Waals surface area contributed by atoms with Crippen LogP contribution in [-0.4, -0.2) is 25.6 Å². The highest BCUT2D eigenvalue weighted by molar-refractivity contribution is 5.56. The van der Waals surface area contributed by atoms with Gasteiger partial charge in [0.25, 0.3) is 0 Å². The van der Waals surface area contributed by atoms with Crippen LogP contribution in [0.4, 0.5) is 0 Å². The summed E-state index contributed by atoms with van der Waals surface area (Å²) in [7, 11) is 3.15. The Morgan fingerprint density at radius 2 is 1.93 bits per heavy atom. The van der Waals surface area contributed by atoms with Crippen molar-refractivity contribution in [3.63, 3.8) is 0 Å². The molecule has 0 fully saturated rings. The van der Waals surface area contributed by atoms with Crippen LogP contribution in [0.2, 0.25) is 0 Å². The van der Waals surface area contributed by atoms with Gasteiger partial charge >= 0.3 is 0 Å². The van der Waals surface area contributed by atoms with E-state index in [9.17, 15) is 0 Å². The molecule has 0 unspecified atom stereocenters. The van der Waals surface area contributed by atoms with Crippen molar-refractivity contribution in [2.45, 2.75) is 6.23 Å². The van der Waals surface area contributed by atoms with E-state index in [0.29, 0.717) is 11.5 Å². The van der Waals surface area contributed by atoms with Crippen LogP contribution in [0.25, 0.3) is 6.08 Å². The van der Waals surface area contributed by atoms with Crippen molar-refractivity contribution in [3.8, 4) is 11.5 Å². The molecule has 0 saturated heterocycles. The lowest BCUT2D eigenvalue weighted by Gasteiger charge is -2.07. The molecule has 4 nitrogen and oxygen atoms in total. The van der Waals surface area contributed by atoms with E-state index in [-0.39, 0.29) is 0 Å². The quantitative estimate of drug-likeness (QED) is 0.726. The monoisotopic (exact) mass is 209 g/mol. The predicted molar refractivity (Wildman–Crippen MR) is 58.8 cm³/mol. The highest BCUT2D eigenvalue weighted by Crippen LogP contribution is 2.27. The Morgan fingerprint density at radius 3 is 2.47 bits per heavy atom. The Balaban J connectivity index is 2.93. The van der Waals surface area contributed by atoms with Crippen molar-refractivity contribution in [2.75, 3.05) is 14.2 Å². The number of benzene rings is 1. The third-order valence-corrected chi connectivity index (χ3v) is 1.89. The second-order valence-electron chi connectivity index (χ2n) is 2.96. The van der Waals surface area contributed by atoms with Gasteiger partial charge in [0, 0.05) is 0 Å². The molecule has 0 aromatic heterocycles. The van der Waals surface area contributed by atoms with Crippen molar-refractivity contribution < 1.29 is 14.6 Å². The predicted octanol–water partition coefficient (Wildman–Crippen LogP) is 0.994. The number of nitrogens with two attached hydrogens (primary N) is 1. The molecule has 15 heavy (non-hydrogen) atoms. The smallest absolute Gasteiger partial charge is 0.161 e. The maximum Gasteiger partial charge on any atom is 0.161 e. The second-order valence-corrected chi connectivity index (χ2v) is 2.96. The number of hydrogen-bond donors (Lipinski definition) is 2. The number of rotatable bonds is 4. The lowest BCUT2D eigenvalue weighted by Crippen LogP contribution is -2.14. The minimum atomic E-state index is -0.946. The summed E-state index contributed by atoms with van der Waals surface area (Å²) in [6.45, 7) is 0. The Bertz CT molecular complexity index is 348. The van der Waals surface area contributed by atoms with Crippen molar-refractivity contribution in [3.05, 3.63) is 29.8 Å². The fourth-order valence-electron chi connectivity index (χ4n) is 1.17. The largest absolute Gasteiger partial charge is 0.493 e. The van der Waals surface area contributed by atoms with Crippen molar-refractivity contribution in [1.82, 2.24) is 0 Å². The molecule has 1 atom stereocenters. The van der Waals surface area contributed by atoms with Crippen LogP contribution in [0.5, 0.6) is 11.5 Å². The van der Waals surface area contributed by atoms with Gasteiger partial charge in [-0.25, -0.2) is 0 Å². The third kappa shape index (κ3) is 3.27. The molecule has 0 heterocycles. The molecule has 0 aliphatic heterocycles. The first-order valence-electron chi connectivity index (χ1n) is 4.51. The van der Waals surface area contributed by atoms with E-state index in [1.165, 1.54) is 6.08 Å². The zero-order chi connectivity index (χ0) is 11.3. The Hall–Kier alpha value is -1.52. The van der Waals surface area contributed by atoms with Gasteiger partial charge in [-0.05, 0) is 23.8 Å². The van der Waals surface area contributed by atoms with Crippen molar-refractivity contribution >= 4 is 6.08 Å². The summed E-state index contributed by atoms with van der Waals surface area (Å²) < 4.78 is 10.2. The van der Waals surface area contributed by atoms with Gasteiger partial charge in [-0.2, -0.15) is 0 Å². The molecule has 0 saturated carbocycles. The van der Waals surface area contributed by atoms with Gasteiger partial charge in [-0.1, -0.05) is 12.1 Å². The van der Waals surface area contributed by atoms with Crippen LogP contribution < -0.4 is 15.2 Å². The highest BCUT2D eigenvalue weighted by Gasteiger charge is 2.02. The molecule has 1 aromatic carbocycles. The molecular formula is C11H15NO3. The van der Waals surface area contributed by atoms with Gasteiger partial charge < -0.3 is 20.3 Å². The number of aliphatic hydroxyl groups excluding tert-OH is 1. The maximum absolute atomic E-state index is 8.88. The average molecular weight is 209 g/mol. The topological polar surface area (TPSA) is 64.7 Å². The van der Waals surface area contributed by atoms with Gasteiger partial charge in [0.05, 0.1) is 14.2 Å². The van der Waals surface area contributed by atoms with Crippen LogP contribution in [0.15, 0.2) is 24.3 Å². The van der Waals surface area contributed by atoms with E-state index in [2.05, 4.69) is 0 Å². The Labute approximate surface area is 88.9 Å². The highest BCUT2D eigenvalue weighted by atomic mass is 16.5. The third-order valence-electron chi connectivity index (χ3n) is 1.89. The number of methoxy groups -OCH3 is 2. The molecule has 0 aliphatic carbocycles. The summed E-state index contributed by atoms with van der Waals surface area (Å²) in [5, 5.41) is 8.88. The summed E-state index contributed by atoms with van der Waals surface area (Å²) in [6.07, 6.45) is 2.26. The first-order chi connectivity index (χ1) is 7.17. The van der Waals surface area contributed by atoms with E-state index >= 15 is 0 Å². The minimum Gasteiger partial charge on any atom is -0.493 e. The van der Waals surface area contributed by atoms with E-state index < -0.39 is 6.23 Å². The summed E-state index contributed by atoms with van der Waals surface area (Å²) >= 11 is 0. The van der Waals surface area contributed by atoms with Crippen molar-refractivity contribution in [2.24, 2.45) is 5.73 Å². The second kappa shape index (κ2) is 5.38. The molecule has 0 amide bonds. The van der Waals surface area contributed by atoms with Gasteiger partial charge in [-0.3, -0.25) is 0 Å². The number of ether oxygens (including phenoxy) is 2. The molecule has 0 aliphatic rings. The molecule has 0 bridgehead atoms. The van der Waals surface area contributed by atoms with Crippen LogP contribution in [0, 0.1) is 0 Å². The fraction of sp³-hybridized carbons (Fsp3) is 0.273. The van der Waals surface area contributed by atoms with Gasteiger partial charge in [0.2, 0.25) is 0 Å². The first kappa shape index (κ1) is 11.6. The zero-order valence-corrected chi connectivity index (χ0v) is 8.81. The summed E-state index contributed by atoms with van der Waals surface area (Å²) in [4.78, 5) is 0. The van der Waals surface area contributed by atoms with E-state index in [1.807, 2.05) is 6.07 Å². The first-order valence-corrected chi connectivity index (χ1v) is 4.51. The summed E-state index contributed by atoms with van der Waals surface area (Å²) in [6, 6.07) is 5.44. The average Bonchev–Trinajstić information content (AvgIpc) is 2.25. The van der Waals surface area contributed by atoms with Crippen LogP contribution in [-0.2, 0) is 0 Å². The molecule has 0 spiro atoms. The van der Waals surface area contributed by atoms with Gasteiger partial charge in [0.1, 0.15) is 6.23 Å². The molecule has 1 aromatic rings. The van der Waals surface area contributed by atoms with Crippen LogP contribution in [0.3, 0.4) is 0 Å². The van der Waals surface area contributed by atoms with E-state index in [4.69, 9.17) is 20.3 Å². The fourth-order valence-corrected chi connectivity index (χ4v) is 1.17. The molecular weight excluding hydrogens is 194 g/mol. The lowest BCUT2D eigenvalue weighted by molar-refractivity contribution is 0.232. The van der Waals surface area contributed by atoms with Gasteiger partial charge in [-0.15, -0.1) is 0 Å². The zero-order valence-electron chi connectivity index (χ0n) is 8.81. The molecule has 1 rings (SSSR count). The summed E-state index contributed by atoms with van der Waals surface area (Å²) in [5.41, 5.74) is 6.07. The molecule has 0 radical (unpaired) electrons. The lowest BCUT2D eigenvalue weighted by atomic mass is 10.2. The normalized spacial score (nSPS) is 12.8. The van der Waals surface area contributed by atoms with E-state index in [1.54, 1.807) is 32.4 Å². The van der Waals surface area contributed by atoms with Crippen LogP contribution in [0.1, 0.15) is 5.56 Å². The molecule has 4 heteroatoms. The maximum atomic E-state index is 8.88. The van der Waals surface area contributed by atoms with Crippen LogP contribution >= 0.6 is 0 Å².